The quantitative estimate of drug-likeness (QED) is 0.493. The van der Waals surface area contributed by atoms with Crippen molar-refractivity contribution in [1.82, 2.24) is 14.7 Å². The van der Waals surface area contributed by atoms with Crippen molar-refractivity contribution in [3.05, 3.63) is 29.8 Å². The van der Waals surface area contributed by atoms with E-state index in [9.17, 15) is 14.7 Å². The van der Waals surface area contributed by atoms with Crippen molar-refractivity contribution < 1.29 is 24.2 Å². The van der Waals surface area contributed by atoms with Gasteiger partial charge in [-0.25, -0.2) is 4.79 Å². The maximum atomic E-state index is 13.5. The average molecular weight is 405 g/mol. The Morgan fingerprint density at radius 1 is 1.07 bits per heavy atom. The molecule has 29 heavy (non-hydrogen) atoms. The first-order chi connectivity index (χ1) is 14.1. The Kier molecular flexibility index (Phi) is 7.10. The van der Waals surface area contributed by atoms with Gasteiger partial charge in [-0.05, 0) is 37.0 Å². The van der Waals surface area contributed by atoms with E-state index in [0.717, 1.165) is 11.3 Å². The van der Waals surface area contributed by atoms with E-state index in [-0.39, 0.29) is 25.1 Å². The molecular formula is C21H31N3O5. The van der Waals surface area contributed by atoms with E-state index in [0.29, 0.717) is 52.0 Å². The van der Waals surface area contributed by atoms with Gasteiger partial charge >= 0.3 is 6.03 Å². The first-order valence-corrected chi connectivity index (χ1v) is 10.1. The zero-order valence-corrected chi connectivity index (χ0v) is 17.3. The van der Waals surface area contributed by atoms with Crippen LogP contribution in [0.1, 0.15) is 24.8 Å². The predicted octanol–water partition coefficient (Wildman–Crippen LogP) is 1.32. The second-order valence-corrected chi connectivity index (χ2v) is 7.62. The molecule has 0 aromatic heterocycles. The highest BCUT2D eigenvalue weighted by Gasteiger charge is 2.57. The molecule has 2 saturated heterocycles. The normalized spacial score (nSPS) is 19.4. The van der Waals surface area contributed by atoms with Gasteiger partial charge in [0.25, 0.3) is 5.91 Å². The fourth-order valence-corrected chi connectivity index (χ4v) is 4.28. The summed E-state index contributed by atoms with van der Waals surface area (Å²) in [6.07, 6.45) is 1.86. The molecular weight excluding hydrogens is 374 g/mol. The minimum atomic E-state index is -0.788. The zero-order valence-electron chi connectivity index (χ0n) is 17.3. The molecule has 8 nitrogen and oxygen atoms in total. The smallest absolute Gasteiger partial charge is 0.327 e. The standard InChI is InChI=1S/C21H31N3O5/c1-28-15-3-10-24-20(27)23(16-17-4-6-18(29-2)7-5-17)19(26)21(24)8-11-22(12-9-21)13-14-25/h4-7,25H,3,8-16H2,1-2H3. The third-order valence-corrected chi connectivity index (χ3v) is 5.95. The van der Waals surface area contributed by atoms with Gasteiger partial charge in [-0.2, -0.15) is 0 Å². The van der Waals surface area contributed by atoms with Crippen molar-refractivity contribution in [2.75, 3.05) is 53.6 Å². The summed E-state index contributed by atoms with van der Waals surface area (Å²) in [5.41, 5.74) is 0.0996. The summed E-state index contributed by atoms with van der Waals surface area (Å²) < 4.78 is 10.3. The van der Waals surface area contributed by atoms with E-state index < -0.39 is 5.54 Å². The molecule has 1 aromatic carbocycles. The summed E-state index contributed by atoms with van der Waals surface area (Å²) in [5, 5.41) is 9.20. The van der Waals surface area contributed by atoms with Gasteiger partial charge in [0.2, 0.25) is 0 Å². The first kappa shape index (κ1) is 21.5. The highest BCUT2D eigenvalue weighted by Crippen LogP contribution is 2.38. The number of aliphatic hydroxyl groups excluding tert-OH is 1. The van der Waals surface area contributed by atoms with Crippen molar-refractivity contribution in [2.45, 2.75) is 31.3 Å². The van der Waals surface area contributed by atoms with Crippen LogP contribution in [0.2, 0.25) is 0 Å². The molecule has 2 aliphatic heterocycles. The second-order valence-electron chi connectivity index (χ2n) is 7.62. The van der Waals surface area contributed by atoms with Crippen molar-refractivity contribution in [2.24, 2.45) is 0 Å². The maximum Gasteiger partial charge on any atom is 0.327 e. The molecule has 3 amide bonds. The topological polar surface area (TPSA) is 82.6 Å². The summed E-state index contributed by atoms with van der Waals surface area (Å²) >= 11 is 0. The first-order valence-electron chi connectivity index (χ1n) is 10.1. The largest absolute Gasteiger partial charge is 0.497 e. The number of rotatable bonds is 9. The molecule has 160 valence electrons. The van der Waals surface area contributed by atoms with Crippen molar-refractivity contribution in [3.8, 4) is 5.75 Å². The average Bonchev–Trinajstić information content (AvgIpc) is 2.92. The van der Waals surface area contributed by atoms with Crippen LogP contribution in [0.4, 0.5) is 4.79 Å². The summed E-state index contributed by atoms with van der Waals surface area (Å²) in [6.45, 7) is 3.37. The second kappa shape index (κ2) is 9.56. The number of imide groups is 1. The summed E-state index contributed by atoms with van der Waals surface area (Å²) in [6, 6.07) is 7.20. The SMILES string of the molecule is COCCCN1C(=O)N(Cc2ccc(OC)cc2)C(=O)C12CCN(CCO)CC2. The molecule has 1 spiro atoms. The van der Waals surface area contributed by atoms with Crippen molar-refractivity contribution in [1.29, 1.82) is 0 Å². The van der Waals surface area contributed by atoms with E-state index in [1.54, 1.807) is 19.1 Å². The maximum absolute atomic E-state index is 13.5. The van der Waals surface area contributed by atoms with E-state index in [4.69, 9.17) is 9.47 Å². The van der Waals surface area contributed by atoms with Gasteiger partial charge in [0.1, 0.15) is 11.3 Å². The van der Waals surface area contributed by atoms with Gasteiger partial charge in [0.15, 0.2) is 0 Å². The number of piperidine rings is 1. The molecule has 1 aromatic rings. The van der Waals surface area contributed by atoms with Crippen molar-refractivity contribution >= 4 is 11.9 Å². The van der Waals surface area contributed by atoms with Crippen LogP contribution in [0.5, 0.6) is 5.75 Å². The zero-order chi connectivity index (χ0) is 20.9. The Hall–Kier alpha value is -2.16. The number of hydrogen-bond donors (Lipinski definition) is 1. The van der Waals surface area contributed by atoms with Crippen LogP contribution >= 0.6 is 0 Å². The highest BCUT2D eigenvalue weighted by molar-refractivity contribution is 6.07. The van der Waals surface area contributed by atoms with Crippen LogP contribution in [0, 0.1) is 0 Å². The van der Waals surface area contributed by atoms with E-state index in [2.05, 4.69) is 4.90 Å². The Morgan fingerprint density at radius 3 is 2.34 bits per heavy atom. The monoisotopic (exact) mass is 405 g/mol. The number of urea groups is 1. The van der Waals surface area contributed by atoms with Gasteiger partial charge in [0.05, 0.1) is 20.3 Å². The lowest BCUT2D eigenvalue weighted by Gasteiger charge is -2.42. The molecule has 0 unspecified atom stereocenters. The number of carbonyl (C=O) groups excluding carboxylic acids is 2. The van der Waals surface area contributed by atoms with Crippen LogP contribution < -0.4 is 4.74 Å². The molecule has 3 rings (SSSR count). The molecule has 2 heterocycles. The number of aliphatic hydroxyl groups is 1. The number of nitrogens with zero attached hydrogens (tertiary/aromatic N) is 3. The minimum absolute atomic E-state index is 0.0982. The Morgan fingerprint density at radius 2 is 1.76 bits per heavy atom. The third kappa shape index (κ3) is 4.39. The number of methoxy groups -OCH3 is 2. The lowest BCUT2D eigenvalue weighted by Crippen LogP contribution is -2.57. The molecule has 8 heteroatoms. The molecule has 1 N–H and O–H groups in total. The Labute approximate surface area is 172 Å². The number of amides is 3. The molecule has 2 fully saturated rings. The fraction of sp³-hybridized carbons (Fsp3) is 0.619. The number of β-amino-alcohol motifs (C(OH)–C–C–N with tert-alkyl or cyclic N) is 1. The van der Waals surface area contributed by atoms with Gasteiger partial charge in [0, 0.05) is 39.9 Å². The van der Waals surface area contributed by atoms with Crippen LogP contribution in [0.15, 0.2) is 24.3 Å². The number of ether oxygens (including phenoxy) is 2. The number of carbonyl (C=O) groups is 2. The Bertz CT molecular complexity index is 701. The third-order valence-electron chi connectivity index (χ3n) is 5.95. The molecule has 0 radical (unpaired) electrons. The number of hydrogen-bond acceptors (Lipinski definition) is 6. The molecule has 0 bridgehead atoms. The van der Waals surface area contributed by atoms with Gasteiger partial charge in [-0.3, -0.25) is 9.69 Å². The van der Waals surface area contributed by atoms with Crippen LogP contribution in [0.25, 0.3) is 0 Å². The van der Waals surface area contributed by atoms with Crippen molar-refractivity contribution in [3.63, 3.8) is 0 Å². The minimum Gasteiger partial charge on any atom is -0.497 e. The van der Waals surface area contributed by atoms with E-state index in [1.165, 1.54) is 4.90 Å². The Balaban J connectivity index is 1.79. The molecule has 2 aliphatic rings. The van der Waals surface area contributed by atoms with Gasteiger partial charge in [-0.1, -0.05) is 12.1 Å². The van der Waals surface area contributed by atoms with Crippen LogP contribution in [-0.4, -0.2) is 90.9 Å². The summed E-state index contributed by atoms with van der Waals surface area (Å²) in [5.74, 6) is 0.626. The van der Waals surface area contributed by atoms with Gasteiger partial charge in [-0.15, -0.1) is 0 Å². The highest BCUT2D eigenvalue weighted by atomic mass is 16.5. The van der Waals surface area contributed by atoms with Crippen LogP contribution in [-0.2, 0) is 16.1 Å². The number of likely N-dealkylation sites (tertiary alicyclic amines) is 1. The molecule has 0 atom stereocenters. The number of benzene rings is 1. The fourth-order valence-electron chi connectivity index (χ4n) is 4.28. The lowest BCUT2D eigenvalue weighted by molar-refractivity contribution is -0.136. The lowest BCUT2D eigenvalue weighted by atomic mass is 9.85. The van der Waals surface area contributed by atoms with E-state index in [1.807, 2.05) is 24.3 Å². The molecule has 0 aliphatic carbocycles. The summed E-state index contributed by atoms with van der Waals surface area (Å²) in [4.78, 5) is 32.0. The van der Waals surface area contributed by atoms with Gasteiger partial charge < -0.3 is 24.4 Å². The molecule has 0 saturated carbocycles. The van der Waals surface area contributed by atoms with Crippen LogP contribution in [0.3, 0.4) is 0 Å². The predicted molar refractivity (Wildman–Crippen MR) is 108 cm³/mol. The van der Waals surface area contributed by atoms with E-state index >= 15 is 0 Å². The summed E-state index contributed by atoms with van der Waals surface area (Å²) in [7, 11) is 3.24.